The maximum absolute atomic E-state index is 4.88. The molecule has 0 amide bonds. The van der Waals surface area contributed by atoms with Crippen molar-refractivity contribution in [3.05, 3.63) is 114 Å². The van der Waals surface area contributed by atoms with E-state index in [1.165, 1.54) is 22.4 Å². The van der Waals surface area contributed by atoms with Gasteiger partial charge in [0.2, 0.25) is 0 Å². The van der Waals surface area contributed by atoms with Crippen molar-refractivity contribution in [2.24, 2.45) is 7.05 Å². The van der Waals surface area contributed by atoms with E-state index in [0.717, 1.165) is 34.8 Å². The summed E-state index contributed by atoms with van der Waals surface area (Å²) >= 11 is 0. The van der Waals surface area contributed by atoms with Gasteiger partial charge in [0.1, 0.15) is 5.82 Å². The second-order valence-corrected chi connectivity index (χ2v) is 8.32. The standard InChI is InChI=1S/C28H26N4/c1-20-9-7-10-21(2)27(20)32-18-26(29-19-32)24-14-8-11-22(15-24)16-25-17-31(3)28(30-25)23-12-5-4-6-13-23/h4-15,17-19H,16H2,1-3H3. The highest BCUT2D eigenvalue weighted by Crippen LogP contribution is 2.25. The van der Waals surface area contributed by atoms with Gasteiger partial charge in [0.15, 0.2) is 0 Å². The van der Waals surface area contributed by atoms with Crippen molar-refractivity contribution in [2.45, 2.75) is 20.3 Å². The molecule has 0 radical (unpaired) electrons. The highest BCUT2D eigenvalue weighted by atomic mass is 15.1. The lowest BCUT2D eigenvalue weighted by molar-refractivity contribution is 0.923. The van der Waals surface area contributed by atoms with Crippen molar-refractivity contribution >= 4 is 0 Å². The van der Waals surface area contributed by atoms with E-state index in [1.54, 1.807) is 0 Å². The Morgan fingerprint density at radius 1 is 0.781 bits per heavy atom. The molecule has 0 saturated heterocycles. The number of para-hydroxylation sites is 1. The molecular formula is C28H26N4. The lowest BCUT2D eigenvalue weighted by Gasteiger charge is -2.09. The summed E-state index contributed by atoms with van der Waals surface area (Å²) in [6.45, 7) is 4.28. The Morgan fingerprint density at radius 3 is 2.28 bits per heavy atom. The number of hydrogen-bond donors (Lipinski definition) is 0. The lowest BCUT2D eigenvalue weighted by atomic mass is 10.1. The second-order valence-electron chi connectivity index (χ2n) is 8.32. The molecule has 0 aliphatic rings. The molecule has 32 heavy (non-hydrogen) atoms. The fourth-order valence-electron chi connectivity index (χ4n) is 4.33. The first-order valence-electron chi connectivity index (χ1n) is 10.9. The van der Waals surface area contributed by atoms with Crippen LogP contribution < -0.4 is 0 Å². The van der Waals surface area contributed by atoms with Crippen LogP contribution in [0.1, 0.15) is 22.4 Å². The van der Waals surface area contributed by atoms with Crippen molar-refractivity contribution in [1.82, 2.24) is 19.1 Å². The van der Waals surface area contributed by atoms with Gasteiger partial charge in [-0.3, -0.25) is 0 Å². The lowest BCUT2D eigenvalue weighted by Crippen LogP contribution is -1.96. The minimum atomic E-state index is 0.784. The predicted molar refractivity (Wildman–Crippen MR) is 130 cm³/mol. The van der Waals surface area contributed by atoms with E-state index in [-0.39, 0.29) is 0 Å². The number of hydrogen-bond acceptors (Lipinski definition) is 2. The van der Waals surface area contributed by atoms with Gasteiger partial charge in [-0.05, 0) is 36.6 Å². The highest BCUT2D eigenvalue weighted by Gasteiger charge is 2.11. The SMILES string of the molecule is Cc1cccc(C)c1-n1cnc(-c2cccc(Cc3cn(C)c(-c4ccccc4)n3)c2)c1. The average Bonchev–Trinajstić information content (AvgIpc) is 3.41. The van der Waals surface area contributed by atoms with Crippen molar-refractivity contribution in [3.8, 4) is 28.3 Å². The summed E-state index contributed by atoms with van der Waals surface area (Å²) in [7, 11) is 2.05. The summed E-state index contributed by atoms with van der Waals surface area (Å²) in [5, 5.41) is 0. The molecule has 2 heterocycles. The first kappa shape index (κ1) is 20.0. The first-order chi connectivity index (χ1) is 15.6. The van der Waals surface area contributed by atoms with Gasteiger partial charge in [0.25, 0.3) is 0 Å². The maximum atomic E-state index is 4.88. The topological polar surface area (TPSA) is 35.6 Å². The van der Waals surface area contributed by atoms with Crippen LogP contribution >= 0.6 is 0 Å². The molecule has 2 aromatic heterocycles. The molecule has 4 nitrogen and oxygen atoms in total. The van der Waals surface area contributed by atoms with Crippen LogP contribution in [-0.2, 0) is 13.5 Å². The largest absolute Gasteiger partial charge is 0.334 e. The minimum absolute atomic E-state index is 0.784. The molecule has 0 unspecified atom stereocenters. The van der Waals surface area contributed by atoms with E-state index in [1.807, 2.05) is 24.5 Å². The van der Waals surface area contributed by atoms with Crippen LogP contribution in [0.3, 0.4) is 0 Å². The van der Waals surface area contributed by atoms with Crippen LogP contribution in [0, 0.1) is 13.8 Å². The molecule has 0 bridgehead atoms. The van der Waals surface area contributed by atoms with Gasteiger partial charge in [-0.1, -0.05) is 66.7 Å². The van der Waals surface area contributed by atoms with Crippen molar-refractivity contribution in [2.75, 3.05) is 0 Å². The van der Waals surface area contributed by atoms with Crippen molar-refractivity contribution < 1.29 is 0 Å². The number of aryl methyl sites for hydroxylation is 3. The summed E-state index contributed by atoms with van der Waals surface area (Å²) < 4.78 is 4.22. The smallest absolute Gasteiger partial charge is 0.139 e. The number of rotatable bonds is 5. The Bertz CT molecular complexity index is 1360. The van der Waals surface area contributed by atoms with E-state index < -0.39 is 0 Å². The average molecular weight is 419 g/mol. The molecule has 3 aromatic carbocycles. The molecule has 4 heteroatoms. The molecule has 0 saturated carbocycles. The summed E-state index contributed by atoms with van der Waals surface area (Å²) in [4.78, 5) is 9.58. The van der Waals surface area contributed by atoms with Gasteiger partial charge >= 0.3 is 0 Å². The number of imidazole rings is 2. The van der Waals surface area contributed by atoms with Crippen molar-refractivity contribution in [3.63, 3.8) is 0 Å². The number of benzene rings is 3. The Morgan fingerprint density at radius 2 is 1.50 bits per heavy atom. The zero-order chi connectivity index (χ0) is 22.1. The third-order valence-corrected chi connectivity index (χ3v) is 5.85. The van der Waals surface area contributed by atoms with E-state index in [9.17, 15) is 0 Å². The van der Waals surface area contributed by atoms with Crippen LogP contribution in [0.15, 0.2) is 91.5 Å². The molecule has 0 spiro atoms. The molecule has 0 atom stereocenters. The van der Waals surface area contributed by atoms with Crippen molar-refractivity contribution in [1.29, 1.82) is 0 Å². The van der Waals surface area contributed by atoms with E-state index in [4.69, 9.17) is 9.97 Å². The van der Waals surface area contributed by atoms with Gasteiger partial charge in [0.05, 0.1) is 23.4 Å². The van der Waals surface area contributed by atoms with E-state index in [2.05, 4.69) is 97.0 Å². The predicted octanol–water partition coefficient (Wildman–Crippen LogP) is 6.15. The minimum Gasteiger partial charge on any atom is -0.334 e. The fourth-order valence-corrected chi connectivity index (χ4v) is 4.33. The zero-order valence-electron chi connectivity index (χ0n) is 18.7. The second kappa shape index (κ2) is 8.31. The summed E-state index contributed by atoms with van der Waals surface area (Å²) in [5.41, 5.74) is 9.19. The van der Waals surface area contributed by atoms with Crippen LogP contribution in [-0.4, -0.2) is 19.1 Å². The van der Waals surface area contributed by atoms with Crippen LogP contribution in [0.25, 0.3) is 28.3 Å². The van der Waals surface area contributed by atoms with Crippen LogP contribution in [0.5, 0.6) is 0 Å². The highest BCUT2D eigenvalue weighted by molar-refractivity contribution is 5.61. The first-order valence-corrected chi connectivity index (χ1v) is 10.9. The normalized spacial score (nSPS) is 11.1. The van der Waals surface area contributed by atoms with Gasteiger partial charge < -0.3 is 9.13 Å². The molecular weight excluding hydrogens is 392 g/mol. The number of aromatic nitrogens is 4. The zero-order valence-corrected chi connectivity index (χ0v) is 18.7. The van der Waals surface area contributed by atoms with E-state index >= 15 is 0 Å². The third-order valence-electron chi connectivity index (χ3n) is 5.85. The monoisotopic (exact) mass is 418 g/mol. The third kappa shape index (κ3) is 3.87. The molecule has 0 aliphatic heterocycles. The molecule has 5 aromatic rings. The van der Waals surface area contributed by atoms with Gasteiger partial charge in [-0.2, -0.15) is 0 Å². The molecule has 5 rings (SSSR count). The Balaban J connectivity index is 1.41. The van der Waals surface area contributed by atoms with Gasteiger partial charge in [-0.25, -0.2) is 9.97 Å². The maximum Gasteiger partial charge on any atom is 0.139 e. The summed E-state index contributed by atoms with van der Waals surface area (Å²) in [6, 6.07) is 25.3. The molecule has 0 aliphatic carbocycles. The summed E-state index contributed by atoms with van der Waals surface area (Å²) in [6.07, 6.45) is 6.92. The number of nitrogens with zero attached hydrogens (tertiary/aromatic N) is 4. The molecule has 158 valence electrons. The summed E-state index contributed by atoms with van der Waals surface area (Å²) in [5.74, 6) is 0.990. The molecule has 0 fully saturated rings. The van der Waals surface area contributed by atoms with Gasteiger partial charge in [0, 0.05) is 37.0 Å². The molecule has 0 N–H and O–H groups in total. The van der Waals surface area contributed by atoms with Gasteiger partial charge in [-0.15, -0.1) is 0 Å². The fraction of sp³-hybridized carbons (Fsp3) is 0.143. The van der Waals surface area contributed by atoms with Crippen LogP contribution in [0.2, 0.25) is 0 Å². The van der Waals surface area contributed by atoms with E-state index in [0.29, 0.717) is 0 Å². The van der Waals surface area contributed by atoms with Crippen LogP contribution in [0.4, 0.5) is 0 Å². The Hall–Kier alpha value is -3.92. The Labute approximate surface area is 188 Å². The quantitative estimate of drug-likeness (QED) is 0.343. The Kier molecular flexibility index (Phi) is 5.20.